The number of carbonyl (C=O) groups excluding carboxylic acids is 1. The van der Waals surface area contributed by atoms with Crippen molar-refractivity contribution in [1.29, 1.82) is 0 Å². The molecule has 0 bridgehead atoms. The number of anilines is 1. The zero-order chi connectivity index (χ0) is 22.8. The Kier molecular flexibility index (Phi) is 6.73. The monoisotopic (exact) mass is 465 g/mol. The fourth-order valence-electron chi connectivity index (χ4n) is 2.96. The van der Waals surface area contributed by atoms with Gasteiger partial charge in [0.15, 0.2) is 0 Å². The van der Waals surface area contributed by atoms with Crippen molar-refractivity contribution >= 4 is 33.2 Å². The molecule has 0 saturated carbocycles. The van der Waals surface area contributed by atoms with Crippen molar-refractivity contribution < 1.29 is 17.6 Å². The number of nitrogens with one attached hydrogen (secondary N) is 1. The third-order valence-corrected chi connectivity index (χ3v) is 6.95. The highest BCUT2D eigenvalue weighted by molar-refractivity contribution is 7.89. The fourth-order valence-corrected chi connectivity index (χ4v) is 4.61. The third-order valence-electron chi connectivity index (χ3n) is 4.57. The molecule has 0 saturated heterocycles. The predicted molar refractivity (Wildman–Crippen MR) is 116 cm³/mol. The van der Waals surface area contributed by atoms with Gasteiger partial charge in [0.2, 0.25) is 15.8 Å². The van der Waals surface area contributed by atoms with Gasteiger partial charge in [-0.3, -0.25) is 4.79 Å². The summed E-state index contributed by atoms with van der Waals surface area (Å²) in [6.07, 6.45) is 0. The average molecular weight is 466 g/mol. The predicted octanol–water partition coefficient (Wildman–Crippen LogP) is 3.65. The molecule has 11 heteroatoms. The second-order valence-corrected chi connectivity index (χ2v) is 8.90. The molecule has 0 atom stereocenters. The van der Waals surface area contributed by atoms with E-state index in [-0.39, 0.29) is 21.4 Å². The van der Waals surface area contributed by atoms with Crippen LogP contribution in [0.4, 0.5) is 10.1 Å². The maximum Gasteiger partial charge on any atom is 0.295 e. The lowest BCUT2D eigenvalue weighted by atomic mass is 10.3. The summed E-state index contributed by atoms with van der Waals surface area (Å²) < 4.78 is 41.4. The SMILES string of the molecule is CCN(CC)S(=O)(=O)c1ccc(Cl)c(NC(=O)c2nc(C)n(-c3ccc(F)cc3)n2)c1. The first kappa shape index (κ1) is 22.9. The van der Waals surface area contributed by atoms with Crippen molar-refractivity contribution in [2.45, 2.75) is 25.7 Å². The van der Waals surface area contributed by atoms with Crippen molar-refractivity contribution in [2.75, 3.05) is 18.4 Å². The highest BCUT2D eigenvalue weighted by Gasteiger charge is 2.23. The van der Waals surface area contributed by atoms with E-state index in [1.54, 1.807) is 20.8 Å². The lowest BCUT2D eigenvalue weighted by Crippen LogP contribution is -2.30. The Balaban J connectivity index is 1.89. The molecule has 0 aliphatic heterocycles. The van der Waals surface area contributed by atoms with Gasteiger partial charge in [0.1, 0.15) is 11.6 Å². The number of rotatable bonds is 7. The van der Waals surface area contributed by atoms with Gasteiger partial charge in [-0.15, -0.1) is 5.10 Å². The standard InChI is InChI=1S/C20H21ClFN5O3S/c1-4-26(5-2)31(29,30)16-10-11-17(21)18(12-16)24-20(28)19-23-13(3)27(25-19)15-8-6-14(22)7-9-15/h6-12H,4-5H2,1-3H3,(H,24,28). The van der Waals surface area contributed by atoms with E-state index < -0.39 is 21.7 Å². The summed E-state index contributed by atoms with van der Waals surface area (Å²) in [4.78, 5) is 16.8. The Morgan fingerprint density at radius 2 is 1.81 bits per heavy atom. The molecule has 3 rings (SSSR count). The summed E-state index contributed by atoms with van der Waals surface area (Å²) in [5.74, 6) is -0.785. The van der Waals surface area contributed by atoms with Crippen LogP contribution < -0.4 is 5.32 Å². The summed E-state index contributed by atoms with van der Waals surface area (Å²) in [5.41, 5.74) is 0.659. The number of aryl methyl sites for hydroxylation is 1. The summed E-state index contributed by atoms with van der Waals surface area (Å²) >= 11 is 6.17. The lowest BCUT2D eigenvalue weighted by molar-refractivity contribution is 0.101. The van der Waals surface area contributed by atoms with E-state index >= 15 is 0 Å². The first-order chi connectivity index (χ1) is 14.7. The number of halogens is 2. The average Bonchev–Trinajstić information content (AvgIpc) is 3.12. The fraction of sp³-hybridized carbons (Fsp3) is 0.250. The van der Waals surface area contributed by atoms with Gasteiger partial charge in [0.25, 0.3) is 5.91 Å². The molecule has 0 fully saturated rings. The van der Waals surface area contributed by atoms with Crippen molar-refractivity contribution in [1.82, 2.24) is 19.1 Å². The van der Waals surface area contributed by atoms with Crippen LogP contribution in [0.25, 0.3) is 5.69 Å². The number of benzene rings is 2. The third kappa shape index (κ3) is 4.76. The molecular formula is C20H21ClFN5O3S. The molecule has 1 N–H and O–H groups in total. The van der Waals surface area contributed by atoms with Crippen molar-refractivity contribution in [3.8, 4) is 5.69 Å². The van der Waals surface area contributed by atoms with Gasteiger partial charge in [0.05, 0.1) is 21.3 Å². The van der Waals surface area contributed by atoms with Gasteiger partial charge in [-0.25, -0.2) is 22.5 Å². The Bertz CT molecular complexity index is 1210. The topological polar surface area (TPSA) is 97.2 Å². The molecule has 1 aromatic heterocycles. The largest absolute Gasteiger partial charge is 0.318 e. The molecule has 1 amide bonds. The molecule has 3 aromatic rings. The zero-order valence-electron chi connectivity index (χ0n) is 17.1. The molecule has 0 spiro atoms. The Morgan fingerprint density at radius 3 is 2.42 bits per heavy atom. The number of nitrogens with zero attached hydrogens (tertiary/aromatic N) is 4. The lowest BCUT2D eigenvalue weighted by Gasteiger charge is -2.19. The second-order valence-electron chi connectivity index (χ2n) is 6.56. The number of sulfonamides is 1. The van der Waals surface area contributed by atoms with E-state index in [1.807, 2.05) is 0 Å². The van der Waals surface area contributed by atoms with Crippen LogP contribution >= 0.6 is 11.6 Å². The van der Waals surface area contributed by atoms with Crippen LogP contribution in [0.2, 0.25) is 5.02 Å². The van der Waals surface area contributed by atoms with E-state index in [1.165, 1.54) is 51.5 Å². The highest BCUT2D eigenvalue weighted by Crippen LogP contribution is 2.27. The second kappa shape index (κ2) is 9.13. The summed E-state index contributed by atoms with van der Waals surface area (Å²) in [7, 11) is -3.73. The normalized spacial score (nSPS) is 11.7. The summed E-state index contributed by atoms with van der Waals surface area (Å²) in [6.45, 7) is 5.76. The van der Waals surface area contributed by atoms with Gasteiger partial charge in [-0.2, -0.15) is 4.31 Å². The van der Waals surface area contributed by atoms with E-state index in [4.69, 9.17) is 11.6 Å². The molecule has 164 valence electrons. The summed E-state index contributed by atoms with van der Waals surface area (Å²) in [5, 5.41) is 6.89. The van der Waals surface area contributed by atoms with Crippen molar-refractivity contribution in [3.05, 3.63) is 65.0 Å². The minimum atomic E-state index is -3.73. The molecule has 8 nitrogen and oxygen atoms in total. The van der Waals surface area contributed by atoms with Gasteiger partial charge < -0.3 is 5.32 Å². The van der Waals surface area contributed by atoms with Gasteiger partial charge >= 0.3 is 0 Å². The molecular weight excluding hydrogens is 445 g/mol. The molecule has 1 heterocycles. The van der Waals surface area contributed by atoms with E-state index in [2.05, 4.69) is 15.4 Å². The Morgan fingerprint density at radius 1 is 1.16 bits per heavy atom. The number of hydrogen-bond acceptors (Lipinski definition) is 5. The Labute approximate surface area is 184 Å². The van der Waals surface area contributed by atoms with Crippen LogP contribution in [-0.2, 0) is 10.0 Å². The van der Waals surface area contributed by atoms with Gasteiger partial charge in [-0.05, 0) is 49.4 Å². The first-order valence-corrected chi connectivity index (χ1v) is 11.3. The van der Waals surface area contributed by atoms with Gasteiger partial charge in [0, 0.05) is 13.1 Å². The minimum absolute atomic E-state index is 0.0110. The first-order valence-electron chi connectivity index (χ1n) is 9.48. The minimum Gasteiger partial charge on any atom is -0.318 e. The van der Waals surface area contributed by atoms with Crippen LogP contribution in [0.15, 0.2) is 47.4 Å². The number of aromatic nitrogens is 3. The van der Waals surface area contributed by atoms with E-state index in [9.17, 15) is 17.6 Å². The molecule has 0 radical (unpaired) electrons. The Hall–Kier alpha value is -2.82. The molecule has 2 aromatic carbocycles. The van der Waals surface area contributed by atoms with Crippen LogP contribution in [-0.4, -0.2) is 46.5 Å². The summed E-state index contributed by atoms with van der Waals surface area (Å²) in [6, 6.07) is 9.67. The van der Waals surface area contributed by atoms with Crippen LogP contribution in [0.5, 0.6) is 0 Å². The number of hydrogen-bond donors (Lipinski definition) is 1. The van der Waals surface area contributed by atoms with Gasteiger partial charge in [-0.1, -0.05) is 25.4 Å². The van der Waals surface area contributed by atoms with Crippen LogP contribution in [0.3, 0.4) is 0 Å². The van der Waals surface area contributed by atoms with Crippen molar-refractivity contribution in [3.63, 3.8) is 0 Å². The van der Waals surface area contributed by atoms with Crippen LogP contribution in [0.1, 0.15) is 30.3 Å². The van der Waals surface area contributed by atoms with E-state index in [0.717, 1.165) is 0 Å². The maximum absolute atomic E-state index is 13.2. The number of amides is 1. The molecule has 0 unspecified atom stereocenters. The van der Waals surface area contributed by atoms with Crippen LogP contribution in [0, 0.1) is 12.7 Å². The quantitative estimate of drug-likeness (QED) is 0.574. The number of carbonyl (C=O) groups is 1. The smallest absolute Gasteiger partial charge is 0.295 e. The molecule has 31 heavy (non-hydrogen) atoms. The van der Waals surface area contributed by atoms with E-state index in [0.29, 0.717) is 24.6 Å². The van der Waals surface area contributed by atoms with Crippen molar-refractivity contribution in [2.24, 2.45) is 0 Å². The highest BCUT2D eigenvalue weighted by atomic mass is 35.5. The zero-order valence-corrected chi connectivity index (χ0v) is 18.7. The molecule has 0 aliphatic carbocycles. The maximum atomic E-state index is 13.2. The molecule has 0 aliphatic rings.